The Balaban J connectivity index is 3.99. The first-order valence-corrected chi connectivity index (χ1v) is 8.31. The minimum Gasteiger partial charge on any atom is -0.576 e. The number of thiol groups is 1. The van der Waals surface area contributed by atoms with E-state index >= 15 is 0 Å². The second-order valence-electron chi connectivity index (χ2n) is 2.51. The molecule has 10 heavy (non-hydrogen) atoms. The maximum atomic E-state index is 10.7. The third-order valence-corrected chi connectivity index (χ3v) is 5.54. The van der Waals surface area contributed by atoms with Crippen molar-refractivity contribution in [2.24, 2.45) is 0 Å². The van der Waals surface area contributed by atoms with Crippen molar-refractivity contribution >= 4 is 29.9 Å². The topological polar surface area (TPSA) is 26.3 Å². The molecule has 0 bridgehead atoms. The van der Waals surface area contributed by atoms with Crippen molar-refractivity contribution in [2.45, 2.75) is 19.6 Å². The lowest BCUT2D eigenvalue weighted by Crippen LogP contribution is -2.30. The van der Waals surface area contributed by atoms with Crippen LogP contribution in [0.5, 0.6) is 0 Å². The van der Waals surface area contributed by atoms with E-state index in [4.69, 9.17) is 4.12 Å². The summed E-state index contributed by atoms with van der Waals surface area (Å²) in [6, 6.07) is 0. The molecule has 0 N–H and O–H groups in total. The fourth-order valence-electron chi connectivity index (χ4n) is 0.584. The molecule has 0 aromatic rings. The molecule has 0 aliphatic rings. The first-order valence-electron chi connectivity index (χ1n) is 2.99. The van der Waals surface area contributed by atoms with Crippen LogP contribution in [0, 0.1) is 0 Å². The van der Waals surface area contributed by atoms with Crippen molar-refractivity contribution in [1.82, 2.24) is 0 Å². The number of rotatable bonds is 3. The summed E-state index contributed by atoms with van der Waals surface area (Å²) in [5, 5.41) is 1.65. The van der Waals surface area contributed by atoms with Crippen molar-refractivity contribution in [2.75, 3.05) is 0 Å². The van der Waals surface area contributed by atoms with Crippen LogP contribution in [0.4, 0.5) is 0 Å². The highest BCUT2D eigenvalue weighted by Gasteiger charge is 2.20. The molecule has 0 saturated carbocycles. The molecule has 0 aliphatic carbocycles. The predicted octanol–water partition coefficient (Wildman–Crippen LogP) is 1.74. The van der Waals surface area contributed by atoms with Gasteiger partial charge in [-0.3, -0.25) is 0 Å². The van der Waals surface area contributed by atoms with Crippen molar-refractivity contribution < 1.29 is 8.58 Å². The molecular weight excluding hydrogens is 180 g/mol. The van der Waals surface area contributed by atoms with Crippen LogP contribution in [-0.4, -0.2) is 17.2 Å². The zero-order valence-corrected chi connectivity index (χ0v) is 9.31. The Kier molecular flexibility index (Phi) is 4.15. The fraction of sp³-hybridized carbons (Fsp3) is 0.600. The molecule has 0 amide bonds. The maximum Gasteiger partial charge on any atom is 0.484 e. The van der Waals surface area contributed by atoms with E-state index in [1.54, 1.807) is 12.0 Å². The molecule has 0 heterocycles. The van der Waals surface area contributed by atoms with Crippen LogP contribution in [0.1, 0.15) is 0 Å². The van der Waals surface area contributed by atoms with Crippen LogP contribution in [-0.2, 0) is 8.58 Å². The molecule has 5 heteroatoms. The molecule has 0 unspecified atom stereocenters. The summed E-state index contributed by atoms with van der Waals surface area (Å²) in [6.07, 6.45) is 0. The van der Waals surface area contributed by atoms with Crippen LogP contribution < -0.4 is 0 Å². The molecule has 0 rings (SSSR count). The van der Waals surface area contributed by atoms with E-state index < -0.39 is 17.2 Å². The van der Waals surface area contributed by atoms with E-state index in [2.05, 4.69) is 12.6 Å². The number of hydrogen-bond donors (Lipinski definition) is 1. The highest BCUT2D eigenvalue weighted by molar-refractivity contribution is 7.83. The minimum absolute atomic E-state index is 1.60. The van der Waals surface area contributed by atoms with Gasteiger partial charge < -0.3 is 8.58 Å². The Morgan fingerprint density at radius 2 is 2.10 bits per heavy atom. The highest BCUT2D eigenvalue weighted by atomic mass is 32.1. The van der Waals surface area contributed by atoms with E-state index in [1.807, 2.05) is 18.8 Å². The van der Waals surface area contributed by atoms with Gasteiger partial charge in [0.2, 0.25) is 0 Å². The Morgan fingerprint density at radius 1 is 1.60 bits per heavy atom. The largest absolute Gasteiger partial charge is 0.576 e. The lowest BCUT2D eigenvalue weighted by Gasteiger charge is -2.17. The van der Waals surface area contributed by atoms with Gasteiger partial charge in [0.05, 0.1) is 0 Å². The van der Waals surface area contributed by atoms with Crippen LogP contribution in [0.2, 0.25) is 19.6 Å². The lowest BCUT2D eigenvalue weighted by molar-refractivity contribution is 0.461. The summed E-state index contributed by atoms with van der Waals surface area (Å²) in [5.41, 5.74) is 1.89. The summed E-state index contributed by atoms with van der Waals surface area (Å²) in [6.45, 7) is 5.56. The van der Waals surface area contributed by atoms with Gasteiger partial charge in [0.25, 0.3) is 8.32 Å². The molecule has 0 spiro atoms. The van der Waals surface area contributed by atoms with E-state index in [9.17, 15) is 4.46 Å². The molecular formula is C5H12O2SSi2. The van der Waals surface area contributed by atoms with Gasteiger partial charge in [-0.05, 0) is 18.5 Å². The normalized spacial score (nSPS) is 12.0. The quantitative estimate of drug-likeness (QED) is 0.544. The minimum atomic E-state index is -1.79. The monoisotopic (exact) mass is 192 g/mol. The first kappa shape index (κ1) is 10.1. The summed E-state index contributed by atoms with van der Waals surface area (Å²) in [5.74, 6) is 0. The van der Waals surface area contributed by atoms with Crippen molar-refractivity contribution in [3.05, 3.63) is 11.1 Å². The summed E-state index contributed by atoms with van der Waals surface area (Å²) >= 11 is 3.92. The van der Waals surface area contributed by atoms with E-state index in [-0.39, 0.29) is 0 Å². The average Bonchev–Trinajstić information content (AvgIpc) is 1.59. The zero-order chi connectivity index (χ0) is 8.20. The molecule has 2 nitrogen and oxygen atoms in total. The van der Waals surface area contributed by atoms with E-state index in [0.29, 0.717) is 0 Å². The lowest BCUT2D eigenvalue weighted by atomic mass is 11.2. The van der Waals surface area contributed by atoms with Crippen molar-refractivity contribution in [3.8, 4) is 0 Å². The fourth-order valence-corrected chi connectivity index (χ4v) is 5.26. The van der Waals surface area contributed by atoms with Gasteiger partial charge in [0, 0.05) is 6.55 Å². The molecule has 0 radical (unpaired) electrons. The SMILES string of the molecule is C[Si](=O)O[Si](C)(C)C=CS. The van der Waals surface area contributed by atoms with Gasteiger partial charge in [-0.15, -0.1) is 0 Å². The second kappa shape index (κ2) is 4.10. The first-order chi connectivity index (χ1) is 4.48. The van der Waals surface area contributed by atoms with E-state index in [1.165, 1.54) is 0 Å². The third-order valence-electron chi connectivity index (χ3n) is 0.883. The Hall–Kier alpha value is 0.124. The van der Waals surface area contributed by atoms with Gasteiger partial charge in [-0.1, -0.05) is 5.70 Å². The summed E-state index contributed by atoms with van der Waals surface area (Å²) in [7, 11) is -3.58. The standard InChI is InChI=1S/C5H12O2SSi2/c1-9(6)7-10(2,3)5-4-8/h4-5,8H,1-3H3. The van der Waals surface area contributed by atoms with Gasteiger partial charge in [-0.25, -0.2) is 0 Å². The third kappa shape index (κ3) is 4.95. The molecule has 58 valence electrons. The smallest absolute Gasteiger partial charge is 0.484 e. The van der Waals surface area contributed by atoms with Crippen LogP contribution in [0.15, 0.2) is 11.1 Å². The van der Waals surface area contributed by atoms with Crippen LogP contribution in [0.25, 0.3) is 0 Å². The van der Waals surface area contributed by atoms with Gasteiger partial charge in [0.1, 0.15) is 0 Å². The van der Waals surface area contributed by atoms with Gasteiger partial charge in [-0.2, -0.15) is 12.6 Å². The van der Waals surface area contributed by atoms with E-state index in [0.717, 1.165) is 0 Å². The van der Waals surface area contributed by atoms with Gasteiger partial charge >= 0.3 is 8.93 Å². The molecule has 0 saturated heterocycles. The summed E-state index contributed by atoms with van der Waals surface area (Å²) in [4.78, 5) is 0. The Labute approximate surface area is 69.6 Å². The van der Waals surface area contributed by atoms with Crippen molar-refractivity contribution in [3.63, 3.8) is 0 Å². The maximum absolute atomic E-state index is 10.7. The average molecular weight is 192 g/mol. The van der Waals surface area contributed by atoms with Gasteiger partial charge in [0.15, 0.2) is 0 Å². The number of hydrogen-bond acceptors (Lipinski definition) is 3. The Morgan fingerprint density at radius 3 is 2.40 bits per heavy atom. The molecule has 0 aromatic carbocycles. The molecule has 0 atom stereocenters. The van der Waals surface area contributed by atoms with Crippen molar-refractivity contribution in [1.29, 1.82) is 0 Å². The molecule has 0 aromatic heterocycles. The van der Waals surface area contributed by atoms with Crippen LogP contribution >= 0.6 is 12.6 Å². The predicted molar refractivity (Wildman–Crippen MR) is 49.0 cm³/mol. The zero-order valence-electron chi connectivity index (χ0n) is 6.42. The molecule has 0 fully saturated rings. The van der Waals surface area contributed by atoms with Crippen LogP contribution in [0.3, 0.4) is 0 Å². The molecule has 0 aliphatic heterocycles. The highest BCUT2D eigenvalue weighted by Crippen LogP contribution is 2.05. The summed E-state index contributed by atoms with van der Waals surface area (Å²) < 4.78 is 15.9. The Bertz CT molecular complexity index is 156. The second-order valence-corrected chi connectivity index (χ2v) is 8.15.